The Morgan fingerprint density at radius 1 is 1.23 bits per heavy atom. The molecule has 2 aliphatic heterocycles. The fraction of sp³-hybridized carbons (Fsp3) is 0.438. The zero-order valence-electron chi connectivity index (χ0n) is 12.3. The molecule has 22 heavy (non-hydrogen) atoms. The van der Waals surface area contributed by atoms with Gasteiger partial charge < -0.3 is 10.6 Å². The second-order valence-electron chi connectivity index (χ2n) is 5.67. The van der Waals surface area contributed by atoms with Gasteiger partial charge in [-0.1, -0.05) is 12.1 Å². The van der Waals surface area contributed by atoms with Crippen molar-refractivity contribution >= 4 is 17.7 Å². The van der Waals surface area contributed by atoms with E-state index in [1.807, 2.05) is 0 Å². The van der Waals surface area contributed by atoms with Crippen LogP contribution in [0.25, 0.3) is 0 Å². The van der Waals surface area contributed by atoms with Crippen LogP contribution in [0.5, 0.6) is 0 Å². The Labute approximate surface area is 128 Å². The first-order valence-electron chi connectivity index (χ1n) is 7.62. The first-order valence-corrected chi connectivity index (χ1v) is 7.62. The first kappa shape index (κ1) is 14.7. The van der Waals surface area contributed by atoms with E-state index in [0.717, 1.165) is 30.8 Å². The summed E-state index contributed by atoms with van der Waals surface area (Å²) < 4.78 is 0. The topological polar surface area (TPSA) is 78.5 Å². The number of hydrogen-bond acceptors (Lipinski definition) is 4. The smallest absolute Gasteiger partial charge is 0.261 e. The van der Waals surface area contributed by atoms with E-state index in [1.165, 1.54) is 0 Å². The van der Waals surface area contributed by atoms with Crippen molar-refractivity contribution < 1.29 is 14.4 Å². The predicted molar refractivity (Wildman–Crippen MR) is 80.5 cm³/mol. The quantitative estimate of drug-likeness (QED) is 0.796. The first-order chi connectivity index (χ1) is 10.7. The summed E-state index contributed by atoms with van der Waals surface area (Å²) in [5.41, 5.74) is 0.841. The van der Waals surface area contributed by atoms with Gasteiger partial charge in [0.1, 0.15) is 0 Å². The largest absolute Gasteiger partial charge is 0.352 e. The molecule has 1 fully saturated rings. The Morgan fingerprint density at radius 3 is 2.50 bits per heavy atom. The van der Waals surface area contributed by atoms with Crippen molar-refractivity contribution in [2.24, 2.45) is 0 Å². The normalized spacial score (nSPS) is 20.9. The fourth-order valence-electron chi connectivity index (χ4n) is 2.93. The number of hydrogen-bond donors (Lipinski definition) is 2. The third kappa shape index (κ3) is 2.87. The second-order valence-corrected chi connectivity index (χ2v) is 5.67. The Morgan fingerprint density at radius 2 is 1.91 bits per heavy atom. The third-order valence-corrected chi connectivity index (χ3v) is 4.10. The molecule has 3 rings (SSSR count). The van der Waals surface area contributed by atoms with E-state index in [-0.39, 0.29) is 36.7 Å². The molecule has 116 valence electrons. The number of benzene rings is 1. The van der Waals surface area contributed by atoms with Crippen LogP contribution in [0.15, 0.2) is 24.3 Å². The molecule has 3 amide bonds. The van der Waals surface area contributed by atoms with Gasteiger partial charge in [0.25, 0.3) is 11.8 Å². The van der Waals surface area contributed by atoms with Crippen LogP contribution in [-0.4, -0.2) is 48.3 Å². The van der Waals surface area contributed by atoms with Crippen LogP contribution in [0.4, 0.5) is 0 Å². The van der Waals surface area contributed by atoms with Crippen LogP contribution < -0.4 is 10.6 Å². The zero-order chi connectivity index (χ0) is 15.5. The molecule has 2 heterocycles. The number of amides is 3. The van der Waals surface area contributed by atoms with Gasteiger partial charge in [-0.15, -0.1) is 0 Å². The van der Waals surface area contributed by atoms with Crippen molar-refractivity contribution in [3.8, 4) is 0 Å². The SMILES string of the molecule is O=C(CCN1C(=O)c2ccccc2C1=O)NC1CCCNC1. The van der Waals surface area contributed by atoms with E-state index >= 15 is 0 Å². The molecule has 0 bridgehead atoms. The molecular formula is C16H19N3O3. The highest BCUT2D eigenvalue weighted by Gasteiger charge is 2.35. The summed E-state index contributed by atoms with van der Waals surface area (Å²) >= 11 is 0. The number of nitrogens with zero attached hydrogens (tertiary/aromatic N) is 1. The van der Waals surface area contributed by atoms with Crippen LogP contribution in [0, 0.1) is 0 Å². The lowest BCUT2D eigenvalue weighted by Gasteiger charge is -2.24. The number of carbonyl (C=O) groups is 3. The fourth-order valence-corrected chi connectivity index (χ4v) is 2.93. The lowest BCUT2D eigenvalue weighted by Crippen LogP contribution is -2.46. The number of imide groups is 1. The highest BCUT2D eigenvalue weighted by molar-refractivity contribution is 6.21. The summed E-state index contributed by atoms with van der Waals surface area (Å²) in [7, 11) is 0. The molecule has 1 atom stereocenters. The molecule has 1 aromatic rings. The average Bonchev–Trinajstić information content (AvgIpc) is 2.78. The molecule has 0 saturated carbocycles. The van der Waals surface area contributed by atoms with Crippen molar-refractivity contribution in [1.29, 1.82) is 0 Å². The Hall–Kier alpha value is -2.21. The molecule has 0 radical (unpaired) electrons. The van der Waals surface area contributed by atoms with Crippen LogP contribution >= 0.6 is 0 Å². The summed E-state index contributed by atoms with van der Waals surface area (Å²) in [5, 5.41) is 6.17. The molecule has 1 aromatic carbocycles. The minimum absolute atomic E-state index is 0.120. The van der Waals surface area contributed by atoms with Gasteiger partial charge in [0.05, 0.1) is 11.1 Å². The zero-order valence-corrected chi connectivity index (χ0v) is 12.3. The van der Waals surface area contributed by atoms with E-state index in [0.29, 0.717) is 11.1 Å². The average molecular weight is 301 g/mol. The molecule has 0 aromatic heterocycles. The highest BCUT2D eigenvalue weighted by Crippen LogP contribution is 2.22. The Bertz CT molecular complexity index is 573. The molecular weight excluding hydrogens is 282 g/mol. The molecule has 0 aliphatic carbocycles. The van der Waals surface area contributed by atoms with Crippen molar-refractivity contribution in [3.05, 3.63) is 35.4 Å². The molecule has 6 nitrogen and oxygen atoms in total. The Kier molecular flexibility index (Phi) is 4.20. The van der Waals surface area contributed by atoms with Gasteiger partial charge in [0.2, 0.25) is 5.91 Å². The van der Waals surface area contributed by atoms with Crippen LogP contribution in [0.1, 0.15) is 40.0 Å². The summed E-state index contributed by atoms with van der Waals surface area (Å²) in [5.74, 6) is -0.745. The summed E-state index contributed by atoms with van der Waals surface area (Å²) in [6, 6.07) is 6.89. The lowest BCUT2D eigenvalue weighted by molar-refractivity contribution is -0.122. The second kappa shape index (κ2) is 6.27. The minimum Gasteiger partial charge on any atom is -0.352 e. The van der Waals surface area contributed by atoms with Crippen molar-refractivity contribution in [1.82, 2.24) is 15.5 Å². The van der Waals surface area contributed by atoms with Gasteiger partial charge >= 0.3 is 0 Å². The molecule has 2 N–H and O–H groups in total. The van der Waals surface area contributed by atoms with E-state index in [9.17, 15) is 14.4 Å². The Balaban J connectivity index is 1.55. The summed E-state index contributed by atoms with van der Waals surface area (Å²) in [6.45, 7) is 1.89. The molecule has 1 unspecified atom stereocenters. The lowest BCUT2D eigenvalue weighted by atomic mass is 10.1. The maximum absolute atomic E-state index is 12.2. The van der Waals surface area contributed by atoms with Crippen molar-refractivity contribution in [2.45, 2.75) is 25.3 Å². The maximum atomic E-state index is 12.2. The number of nitrogens with one attached hydrogen (secondary N) is 2. The minimum atomic E-state index is -0.312. The monoisotopic (exact) mass is 301 g/mol. The highest BCUT2D eigenvalue weighted by atomic mass is 16.2. The molecule has 0 spiro atoms. The van der Waals surface area contributed by atoms with Gasteiger partial charge in [-0.05, 0) is 31.5 Å². The summed E-state index contributed by atoms with van der Waals surface area (Å²) in [4.78, 5) is 37.5. The maximum Gasteiger partial charge on any atom is 0.261 e. The number of carbonyl (C=O) groups excluding carboxylic acids is 3. The van der Waals surface area contributed by atoms with Crippen molar-refractivity contribution in [3.63, 3.8) is 0 Å². The van der Waals surface area contributed by atoms with Gasteiger partial charge in [0, 0.05) is 25.6 Å². The standard InChI is InChI=1S/C16H19N3O3/c20-14(18-11-4-3-8-17-10-11)7-9-19-15(21)12-5-1-2-6-13(12)16(19)22/h1-2,5-6,11,17H,3-4,7-10H2,(H,18,20). The van der Waals surface area contributed by atoms with Gasteiger partial charge in [-0.2, -0.15) is 0 Å². The molecule has 6 heteroatoms. The number of piperidine rings is 1. The van der Waals surface area contributed by atoms with E-state index < -0.39 is 0 Å². The number of rotatable bonds is 4. The summed E-state index contributed by atoms with van der Waals surface area (Å²) in [6.07, 6.45) is 2.15. The van der Waals surface area contributed by atoms with Gasteiger partial charge in [-0.25, -0.2) is 0 Å². The van der Waals surface area contributed by atoms with Crippen LogP contribution in [-0.2, 0) is 4.79 Å². The predicted octanol–water partition coefficient (Wildman–Crippen LogP) is 0.541. The number of fused-ring (bicyclic) bond motifs is 1. The van der Waals surface area contributed by atoms with Gasteiger partial charge in [-0.3, -0.25) is 19.3 Å². The molecule has 1 saturated heterocycles. The van der Waals surface area contributed by atoms with Crippen LogP contribution in [0.3, 0.4) is 0 Å². The van der Waals surface area contributed by atoms with E-state index in [4.69, 9.17) is 0 Å². The van der Waals surface area contributed by atoms with Crippen LogP contribution in [0.2, 0.25) is 0 Å². The third-order valence-electron chi connectivity index (χ3n) is 4.10. The van der Waals surface area contributed by atoms with Crippen molar-refractivity contribution in [2.75, 3.05) is 19.6 Å². The molecule has 2 aliphatic rings. The van der Waals surface area contributed by atoms with Gasteiger partial charge in [0.15, 0.2) is 0 Å². The van der Waals surface area contributed by atoms with E-state index in [1.54, 1.807) is 24.3 Å². The van der Waals surface area contributed by atoms with E-state index in [2.05, 4.69) is 10.6 Å².